The summed E-state index contributed by atoms with van der Waals surface area (Å²) >= 11 is 0. The molecule has 8 heteroatoms. The van der Waals surface area contributed by atoms with E-state index in [0.29, 0.717) is 12.8 Å². The van der Waals surface area contributed by atoms with E-state index in [4.69, 9.17) is 21.7 Å². The van der Waals surface area contributed by atoms with E-state index in [1.807, 2.05) is 13.8 Å². The first kappa shape index (κ1) is 26.9. The minimum Gasteiger partial charge on any atom is -0.508 e. The maximum Gasteiger partial charge on any atom is 0.322 e. The van der Waals surface area contributed by atoms with Crippen molar-refractivity contribution in [3.05, 3.63) is 59.7 Å². The molecule has 8 nitrogen and oxygen atoms in total. The van der Waals surface area contributed by atoms with Gasteiger partial charge < -0.3 is 31.2 Å². The van der Waals surface area contributed by atoms with Crippen LogP contribution in [-0.2, 0) is 31.9 Å². The van der Waals surface area contributed by atoms with Gasteiger partial charge in [-0.25, -0.2) is 0 Å². The van der Waals surface area contributed by atoms with Gasteiger partial charge in [-0.15, -0.1) is 0 Å². The lowest BCUT2D eigenvalue weighted by atomic mass is 10.1. The second-order valence-corrected chi connectivity index (χ2v) is 6.00. The summed E-state index contributed by atoms with van der Waals surface area (Å²) in [6, 6.07) is 11.8. The highest BCUT2D eigenvalue weighted by atomic mass is 16.5. The van der Waals surface area contributed by atoms with Crippen molar-refractivity contribution in [2.24, 2.45) is 11.5 Å². The van der Waals surface area contributed by atoms with E-state index in [1.165, 1.54) is 14.2 Å². The third-order valence-electron chi connectivity index (χ3n) is 3.79. The summed E-state index contributed by atoms with van der Waals surface area (Å²) in [6.07, 6.45) is 0.819. The van der Waals surface area contributed by atoms with Crippen LogP contribution in [0.2, 0.25) is 0 Å². The molecule has 0 spiro atoms. The summed E-state index contributed by atoms with van der Waals surface area (Å²) in [7, 11) is 2.61. The maximum absolute atomic E-state index is 11.0. The molecule has 2 unspecified atom stereocenters. The van der Waals surface area contributed by atoms with Crippen molar-refractivity contribution in [2.75, 3.05) is 14.2 Å². The molecule has 2 aromatic carbocycles. The van der Waals surface area contributed by atoms with Crippen molar-refractivity contribution in [1.82, 2.24) is 0 Å². The van der Waals surface area contributed by atoms with Gasteiger partial charge in [0, 0.05) is 0 Å². The van der Waals surface area contributed by atoms with Gasteiger partial charge in [-0.05, 0) is 48.2 Å². The lowest BCUT2D eigenvalue weighted by molar-refractivity contribution is -0.142. The minimum absolute atomic E-state index is 0.195. The SMILES string of the molecule is CC.COC(=O)C(N)Cc1ccc(O)cc1.COC(=O)C(N)Cc1ccc(O)cc1. The fraction of sp³-hybridized carbons (Fsp3) is 0.364. The Bertz CT molecular complexity index is 682. The topological polar surface area (TPSA) is 145 Å². The number of carbonyl (C=O) groups excluding carboxylic acids is 2. The summed E-state index contributed by atoms with van der Waals surface area (Å²) in [6.45, 7) is 4.00. The van der Waals surface area contributed by atoms with Crippen LogP contribution in [0, 0.1) is 0 Å². The molecule has 0 fully saturated rings. The molecule has 0 saturated heterocycles. The number of ether oxygens (including phenoxy) is 2. The van der Waals surface area contributed by atoms with Crippen LogP contribution in [-0.4, -0.2) is 48.5 Å². The largest absolute Gasteiger partial charge is 0.508 e. The molecule has 6 N–H and O–H groups in total. The molecule has 0 aromatic heterocycles. The van der Waals surface area contributed by atoms with Gasteiger partial charge in [0.05, 0.1) is 14.2 Å². The summed E-state index contributed by atoms with van der Waals surface area (Å²) in [5.41, 5.74) is 12.9. The Morgan fingerprint density at radius 1 is 0.733 bits per heavy atom. The number of nitrogens with two attached hydrogens (primary N) is 2. The lowest BCUT2D eigenvalue weighted by Gasteiger charge is -2.08. The van der Waals surface area contributed by atoms with E-state index >= 15 is 0 Å². The van der Waals surface area contributed by atoms with Gasteiger partial charge in [0.2, 0.25) is 0 Å². The van der Waals surface area contributed by atoms with Crippen LogP contribution >= 0.6 is 0 Å². The number of methoxy groups -OCH3 is 2. The van der Waals surface area contributed by atoms with Crippen molar-refractivity contribution in [2.45, 2.75) is 38.8 Å². The Morgan fingerprint density at radius 3 is 1.23 bits per heavy atom. The first-order valence-corrected chi connectivity index (χ1v) is 9.49. The number of aromatic hydroxyl groups is 2. The Labute approximate surface area is 177 Å². The zero-order valence-corrected chi connectivity index (χ0v) is 17.9. The average molecular weight is 421 g/mol. The van der Waals surface area contributed by atoms with Crippen molar-refractivity contribution < 1.29 is 29.3 Å². The summed E-state index contributed by atoms with van der Waals surface area (Å²) in [4.78, 5) is 22.0. The number of esters is 2. The van der Waals surface area contributed by atoms with Gasteiger partial charge in [0.15, 0.2) is 0 Å². The molecule has 0 aliphatic heterocycles. The second kappa shape index (κ2) is 14.8. The first-order chi connectivity index (χ1) is 14.3. The maximum atomic E-state index is 11.0. The standard InChI is InChI=1S/2C10H13NO3.C2H6/c2*1-14-10(13)9(11)6-7-2-4-8(12)5-3-7;1-2/h2*2-5,9,12H,6,11H2,1H3;1-2H3. The third kappa shape index (κ3) is 10.4. The Hall–Kier alpha value is -3.10. The second-order valence-electron chi connectivity index (χ2n) is 6.00. The molecular weight excluding hydrogens is 388 g/mol. The zero-order valence-electron chi connectivity index (χ0n) is 17.9. The van der Waals surface area contributed by atoms with Crippen LogP contribution in [0.15, 0.2) is 48.5 Å². The van der Waals surface area contributed by atoms with E-state index in [2.05, 4.69) is 9.47 Å². The summed E-state index contributed by atoms with van der Waals surface area (Å²) in [5.74, 6) is -0.475. The third-order valence-corrected chi connectivity index (χ3v) is 3.79. The summed E-state index contributed by atoms with van der Waals surface area (Å²) in [5, 5.41) is 18.0. The van der Waals surface area contributed by atoms with Crippen molar-refractivity contribution in [3.8, 4) is 11.5 Å². The fourth-order valence-electron chi connectivity index (χ4n) is 2.24. The van der Waals surface area contributed by atoms with E-state index in [-0.39, 0.29) is 11.5 Å². The Morgan fingerprint density at radius 2 is 1.00 bits per heavy atom. The van der Waals surface area contributed by atoms with Crippen LogP contribution in [0.25, 0.3) is 0 Å². The van der Waals surface area contributed by atoms with Gasteiger partial charge >= 0.3 is 11.9 Å². The molecule has 0 saturated carbocycles. The number of phenols is 2. The molecule has 0 bridgehead atoms. The van der Waals surface area contributed by atoms with Crippen molar-refractivity contribution >= 4 is 11.9 Å². The monoisotopic (exact) mass is 420 g/mol. The minimum atomic E-state index is -0.649. The van der Waals surface area contributed by atoms with Crippen molar-refractivity contribution in [1.29, 1.82) is 0 Å². The molecule has 2 atom stereocenters. The fourth-order valence-corrected chi connectivity index (χ4v) is 2.24. The lowest BCUT2D eigenvalue weighted by Crippen LogP contribution is -2.33. The smallest absolute Gasteiger partial charge is 0.322 e. The van der Waals surface area contributed by atoms with Crippen LogP contribution in [0.5, 0.6) is 11.5 Å². The molecule has 30 heavy (non-hydrogen) atoms. The zero-order chi connectivity index (χ0) is 23.1. The molecule has 166 valence electrons. The summed E-state index contributed by atoms with van der Waals surface area (Å²) < 4.78 is 8.99. The van der Waals surface area contributed by atoms with Crippen LogP contribution < -0.4 is 11.5 Å². The highest BCUT2D eigenvalue weighted by molar-refractivity contribution is 5.76. The van der Waals surface area contributed by atoms with Gasteiger partial charge in [0.1, 0.15) is 23.6 Å². The number of benzene rings is 2. The normalized spacial score (nSPS) is 11.5. The van der Waals surface area contributed by atoms with Gasteiger partial charge in [-0.3, -0.25) is 9.59 Å². The van der Waals surface area contributed by atoms with Crippen LogP contribution in [0.3, 0.4) is 0 Å². The predicted molar refractivity (Wildman–Crippen MR) is 115 cm³/mol. The molecule has 0 heterocycles. The predicted octanol–water partition coefficient (Wildman–Crippen LogP) is 1.90. The highest BCUT2D eigenvalue weighted by Gasteiger charge is 2.14. The number of phenolic OH excluding ortho intramolecular Hbond substituents is 2. The molecule has 0 radical (unpaired) electrons. The van der Waals surface area contributed by atoms with Crippen LogP contribution in [0.4, 0.5) is 0 Å². The number of rotatable bonds is 6. The average Bonchev–Trinajstić information content (AvgIpc) is 2.77. The quantitative estimate of drug-likeness (QED) is 0.519. The molecule has 2 aromatic rings. The highest BCUT2D eigenvalue weighted by Crippen LogP contribution is 2.12. The van der Waals surface area contributed by atoms with Gasteiger partial charge in [-0.2, -0.15) is 0 Å². The number of hydrogen-bond acceptors (Lipinski definition) is 8. The molecular formula is C22H32N2O6. The van der Waals surface area contributed by atoms with Gasteiger partial charge in [-0.1, -0.05) is 38.1 Å². The Kier molecular flexibility index (Phi) is 13.3. The van der Waals surface area contributed by atoms with Crippen molar-refractivity contribution in [3.63, 3.8) is 0 Å². The number of hydrogen-bond donors (Lipinski definition) is 4. The van der Waals surface area contributed by atoms with Crippen LogP contribution in [0.1, 0.15) is 25.0 Å². The van der Waals surface area contributed by atoms with E-state index < -0.39 is 24.0 Å². The molecule has 0 aliphatic carbocycles. The first-order valence-electron chi connectivity index (χ1n) is 9.49. The molecule has 0 aliphatic rings. The molecule has 2 rings (SSSR count). The number of carbonyl (C=O) groups is 2. The van der Waals surface area contributed by atoms with E-state index in [9.17, 15) is 9.59 Å². The van der Waals surface area contributed by atoms with E-state index in [0.717, 1.165) is 11.1 Å². The Balaban J connectivity index is 0.000000518. The van der Waals surface area contributed by atoms with E-state index in [1.54, 1.807) is 48.5 Å². The van der Waals surface area contributed by atoms with Gasteiger partial charge in [0.25, 0.3) is 0 Å². The molecule has 0 amide bonds.